The summed E-state index contributed by atoms with van der Waals surface area (Å²) in [6.45, 7) is 2.05. The van der Waals surface area contributed by atoms with Crippen LogP contribution < -0.4 is 0 Å². The minimum absolute atomic E-state index is 0.0590. The minimum atomic E-state index is 0.0590. The van der Waals surface area contributed by atoms with E-state index in [1.54, 1.807) is 24.3 Å². The Kier molecular flexibility index (Phi) is 6.27. The molecule has 0 saturated carbocycles. The quantitative estimate of drug-likeness (QED) is 0.470. The van der Waals surface area contributed by atoms with Crippen molar-refractivity contribution in [1.29, 1.82) is 0 Å². The van der Waals surface area contributed by atoms with Crippen LogP contribution >= 0.6 is 11.6 Å². The zero-order chi connectivity index (χ0) is 22.6. The van der Waals surface area contributed by atoms with Crippen LogP contribution in [0.2, 0.25) is 5.02 Å². The van der Waals surface area contributed by atoms with E-state index in [4.69, 9.17) is 21.3 Å². The SMILES string of the molecule is O=C(c1ccc(Cl)cc1)N1CCC(=Cc2ccc(C3=NC(c4ccccc4)CO3)cc2)CC1. The number of aliphatic imine (C=N–C) groups is 1. The van der Waals surface area contributed by atoms with E-state index in [0.717, 1.165) is 37.1 Å². The number of piperidine rings is 1. The maximum Gasteiger partial charge on any atom is 0.253 e. The topological polar surface area (TPSA) is 41.9 Å². The predicted octanol–water partition coefficient (Wildman–Crippen LogP) is 6.18. The van der Waals surface area contributed by atoms with E-state index in [-0.39, 0.29) is 11.9 Å². The van der Waals surface area contributed by atoms with E-state index >= 15 is 0 Å². The molecular weight excluding hydrogens is 432 g/mol. The third-order valence-electron chi connectivity index (χ3n) is 6.15. The molecule has 3 aromatic rings. The van der Waals surface area contributed by atoms with Gasteiger partial charge in [-0.3, -0.25) is 4.79 Å². The van der Waals surface area contributed by atoms with Crippen LogP contribution in [0.15, 0.2) is 89.4 Å². The predicted molar refractivity (Wildman–Crippen MR) is 133 cm³/mol. The summed E-state index contributed by atoms with van der Waals surface area (Å²) in [7, 11) is 0. The number of carbonyl (C=O) groups excluding carboxylic acids is 1. The van der Waals surface area contributed by atoms with Crippen LogP contribution in [0.1, 0.15) is 45.9 Å². The number of carbonyl (C=O) groups is 1. The summed E-state index contributed by atoms with van der Waals surface area (Å²) < 4.78 is 5.86. The molecule has 0 aliphatic carbocycles. The molecule has 0 bridgehead atoms. The molecule has 1 fully saturated rings. The first kappa shape index (κ1) is 21.5. The third-order valence-corrected chi connectivity index (χ3v) is 6.40. The van der Waals surface area contributed by atoms with Gasteiger partial charge in [-0.15, -0.1) is 0 Å². The van der Waals surface area contributed by atoms with Crippen molar-refractivity contribution in [2.24, 2.45) is 4.99 Å². The van der Waals surface area contributed by atoms with Gasteiger partial charge in [0.1, 0.15) is 12.6 Å². The van der Waals surface area contributed by atoms with Gasteiger partial charge in [-0.2, -0.15) is 0 Å². The number of likely N-dealkylation sites (tertiary alicyclic amines) is 1. The molecule has 2 aliphatic heterocycles. The highest BCUT2D eigenvalue weighted by Gasteiger charge is 2.22. The Morgan fingerprint density at radius 3 is 2.33 bits per heavy atom. The van der Waals surface area contributed by atoms with Gasteiger partial charge >= 0.3 is 0 Å². The smallest absolute Gasteiger partial charge is 0.253 e. The highest BCUT2D eigenvalue weighted by molar-refractivity contribution is 6.30. The standard InChI is InChI=1S/C28H25ClN2O2/c29-25-12-10-24(11-13-25)28(32)31-16-14-21(15-17-31)18-20-6-8-23(9-7-20)27-30-26(19-33-27)22-4-2-1-3-5-22/h1-13,18,26H,14-17,19H2. The van der Waals surface area contributed by atoms with Crippen LogP contribution in [-0.4, -0.2) is 36.4 Å². The van der Waals surface area contributed by atoms with Crippen molar-refractivity contribution in [3.8, 4) is 0 Å². The summed E-state index contributed by atoms with van der Waals surface area (Å²) in [6, 6.07) is 25.8. The Morgan fingerprint density at radius 2 is 1.64 bits per heavy atom. The number of nitrogens with zero attached hydrogens (tertiary/aromatic N) is 2. The molecule has 5 heteroatoms. The average molecular weight is 457 g/mol. The van der Waals surface area contributed by atoms with Crippen LogP contribution in [0.25, 0.3) is 6.08 Å². The van der Waals surface area contributed by atoms with Crippen molar-refractivity contribution >= 4 is 29.5 Å². The lowest BCUT2D eigenvalue weighted by Crippen LogP contribution is -2.36. The molecule has 3 aromatic carbocycles. The molecule has 2 aliphatic rings. The van der Waals surface area contributed by atoms with Crippen LogP contribution in [-0.2, 0) is 4.74 Å². The Bertz CT molecular complexity index is 1170. The summed E-state index contributed by atoms with van der Waals surface area (Å²) in [5.41, 5.74) is 5.38. The van der Waals surface area contributed by atoms with Gasteiger partial charge in [0.25, 0.3) is 5.91 Å². The lowest BCUT2D eigenvalue weighted by Gasteiger charge is -2.28. The Hall–Kier alpha value is -3.37. The Labute approximate surface area is 199 Å². The van der Waals surface area contributed by atoms with Gasteiger partial charge in [-0.05, 0) is 60.4 Å². The molecule has 1 saturated heterocycles. The summed E-state index contributed by atoms with van der Waals surface area (Å²) in [4.78, 5) is 19.4. The van der Waals surface area contributed by atoms with Crippen molar-refractivity contribution in [1.82, 2.24) is 4.90 Å². The zero-order valence-electron chi connectivity index (χ0n) is 18.3. The Morgan fingerprint density at radius 1 is 0.939 bits per heavy atom. The van der Waals surface area contributed by atoms with E-state index in [9.17, 15) is 4.79 Å². The average Bonchev–Trinajstić information content (AvgIpc) is 3.36. The van der Waals surface area contributed by atoms with E-state index < -0.39 is 0 Å². The molecule has 2 heterocycles. The van der Waals surface area contributed by atoms with Crippen LogP contribution in [0.5, 0.6) is 0 Å². The summed E-state index contributed by atoms with van der Waals surface area (Å²) >= 11 is 5.93. The molecule has 0 radical (unpaired) electrons. The number of amides is 1. The van der Waals surface area contributed by atoms with E-state index in [0.29, 0.717) is 23.1 Å². The van der Waals surface area contributed by atoms with Gasteiger partial charge in [0.05, 0.1) is 0 Å². The Balaban J connectivity index is 1.20. The number of hydrogen-bond donors (Lipinski definition) is 0. The molecule has 5 rings (SSSR count). The molecule has 0 aromatic heterocycles. The molecule has 1 atom stereocenters. The second-order valence-corrected chi connectivity index (χ2v) is 8.83. The number of ether oxygens (including phenoxy) is 1. The van der Waals surface area contributed by atoms with Crippen LogP contribution in [0, 0.1) is 0 Å². The fourth-order valence-corrected chi connectivity index (χ4v) is 4.38. The maximum absolute atomic E-state index is 12.7. The third kappa shape index (κ3) is 5.01. The van der Waals surface area contributed by atoms with Crippen LogP contribution in [0.4, 0.5) is 0 Å². The highest BCUT2D eigenvalue weighted by Crippen LogP contribution is 2.26. The summed E-state index contributed by atoms with van der Waals surface area (Å²) in [5.74, 6) is 0.776. The van der Waals surface area contributed by atoms with Gasteiger partial charge in [-0.1, -0.05) is 65.7 Å². The molecule has 1 amide bonds. The van der Waals surface area contributed by atoms with Gasteiger partial charge in [0, 0.05) is 29.2 Å². The first-order valence-corrected chi connectivity index (χ1v) is 11.6. The van der Waals surface area contributed by atoms with Gasteiger partial charge in [-0.25, -0.2) is 4.99 Å². The van der Waals surface area contributed by atoms with Gasteiger partial charge in [0.2, 0.25) is 5.90 Å². The van der Waals surface area contributed by atoms with Crippen molar-refractivity contribution in [3.05, 3.63) is 112 Å². The monoisotopic (exact) mass is 456 g/mol. The molecule has 1 unspecified atom stereocenters. The zero-order valence-corrected chi connectivity index (χ0v) is 19.0. The molecule has 0 N–H and O–H groups in total. The van der Waals surface area contributed by atoms with Crippen molar-refractivity contribution in [2.75, 3.05) is 19.7 Å². The number of rotatable bonds is 4. The minimum Gasteiger partial charge on any atom is -0.475 e. The van der Waals surface area contributed by atoms with Crippen LogP contribution in [0.3, 0.4) is 0 Å². The van der Waals surface area contributed by atoms with Gasteiger partial charge < -0.3 is 9.64 Å². The second-order valence-electron chi connectivity index (χ2n) is 8.40. The second kappa shape index (κ2) is 9.63. The molecule has 4 nitrogen and oxygen atoms in total. The maximum atomic E-state index is 12.7. The number of hydrogen-bond acceptors (Lipinski definition) is 3. The van der Waals surface area contributed by atoms with Crippen molar-refractivity contribution in [2.45, 2.75) is 18.9 Å². The fraction of sp³-hybridized carbons (Fsp3) is 0.214. The molecule has 33 heavy (non-hydrogen) atoms. The van der Waals surface area contributed by atoms with Gasteiger partial charge in [0.15, 0.2) is 0 Å². The van der Waals surface area contributed by atoms with Crippen molar-refractivity contribution in [3.63, 3.8) is 0 Å². The molecule has 166 valence electrons. The van der Waals surface area contributed by atoms with Crippen molar-refractivity contribution < 1.29 is 9.53 Å². The summed E-state index contributed by atoms with van der Waals surface area (Å²) in [5, 5.41) is 0.643. The largest absolute Gasteiger partial charge is 0.475 e. The highest BCUT2D eigenvalue weighted by atomic mass is 35.5. The molecule has 0 spiro atoms. The normalized spacial score (nSPS) is 18.0. The fourth-order valence-electron chi connectivity index (χ4n) is 4.25. The summed E-state index contributed by atoms with van der Waals surface area (Å²) in [6.07, 6.45) is 4.00. The number of benzene rings is 3. The lowest BCUT2D eigenvalue weighted by molar-refractivity contribution is 0.0744. The van der Waals surface area contributed by atoms with E-state index in [1.165, 1.54) is 11.1 Å². The first-order chi connectivity index (χ1) is 16.2. The lowest BCUT2D eigenvalue weighted by atomic mass is 9.99. The number of halogens is 1. The van der Waals surface area contributed by atoms with E-state index in [1.807, 2.05) is 23.1 Å². The first-order valence-electron chi connectivity index (χ1n) is 11.3. The molecular formula is C28H25ClN2O2. The van der Waals surface area contributed by atoms with E-state index in [2.05, 4.69) is 42.5 Å².